The lowest BCUT2D eigenvalue weighted by molar-refractivity contribution is 0.559. The summed E-state index contributed by atoms with van der Waals surface area (Å²) in [6.07, 6.45) is 7.52. The smallest absolute Gasteiger partial charge is 0.191 e. The minimum atomic E-state index is -0.114. The van der Waals surface area contributed by atoms with E-state index in [0.29, 0.717) is 6.54 Å². The summed E-state index contributed by atoms with van der Waals surface area (Å²) < 4.78 is 16.4. The molecular formula is C21H30FIN6. The van der Waals surface area contributed by atoms with E-state index in [4.69, 9.17) is 0 Å². The van der Waals surface area contributed by atoms with Crippen LogP contribution >= 0.6 is 24.0 Å². The summed E-state index contributed by atoms with van der Waals surface area (Å²) in [5.74, 6) is 2.80. The van der Waals surface area contributed by atoms with Crippen molar-refractivity contribution in [3.05, 3.63) is 47.3 Å². The summed E-state index contributed by atoms with van der Waals surface area (Å²) in [5.41, 5.74) is 0.705. The second-order valence-corrected chi connectivity index (χ2v) is 7.86. The molecule has 1 aromatic carbocycles. The number of guanidine groups is 1. The maximum atomic E-state index is 14.2. The van der Waals surface area contributed by atoms with Gasteiger partial charge in [-0.05, 0) is 37.3 Å². The third-order valence-electron chi connectivity index (χ3n) is 5.94. The van der Waals surface area contributed by atoms with Crippen molar-refractivity contribution >= 4 is 29.9 Å². The lowest BCUT2D eigenvalue weighted by Gasteiger charge is -2.19. The third kappa shape index (κ3) is 5.07. The first-order valence-corrected chi connectivity index (χ1v) is 10.3. The Morgan fingerprint density at radius 1 is 1.17 bits per heavy atom. The molecule has 0 spiro atoms. The molecule has 1 aliphatic carbocycles. The van der Waals surface area contributed by atoms with Gasteiger partial charge in [-0.3, -0.25) is 4.99 Å². The number of fused-ring (bicyclic) bond motifs is 1. The number of aliphatic imine (C=N–C) groups is 1. The fraction of sp³-hybridized carbons (Fsp3) is 0.571. The van der Waals surface area contributed by atoms with Crippen molar-refractivity contribution in [1.29, 1.82) is 0 Å². The van der Waals surface area contributed by atoms with E-state index >= 15 is 0 Å². The van der Waals surface area contributed by atoms with E-state index in [2.05, 4.69) is 30.4 Å². The number of halogens is 2. The highest BCUT2D eigenvalue weighted by atomic mass is 127. The van der Waals surface area contributed by atoms with Gasteiger partial charge in [0.1, 0.15) is 17.5 Å². The predicted octanol–water partition coefficient (Wildman–Crippen LogP) is 3.20. The average molecular weight is 512 g/mol. The summed E-state index contributed by atoms with van der Waals surface area (Å²) in [6.45, 7) is 2.45. The van der Waals surface area contributed by atoms with Crippen LogP contribution in [0.4, 0.5) is 4.39 Å². The molecule has 158 valence electrons. The summed E-state index contributed by atoms with van der Waals surface area (Å²) in [5, 5.41) is 15.5. The molecule has 0 saturated heterocycles. The van der Waals surface area contributed by atoms with Gasteiger partial charge in [-0.25, -0.2) is 4.39 Å². The Kier molecular flexibility index (Phi) is 7.48. The molecular weight excluding hydrogens is 482 g/mol. The molecule has 2 aliphatic rings. The third-order valence-corrected chi connectivity index (χ3v) is 5.94. The van der Waals surface area contributed by atoms with E-state index in [1.165, 1.54) is 19.3 Å². The van der Waals surface area contributed by atoms with E-state index in [0.717, 1.165) is 61.9 Å². The summed E-state index contributed by atoms with van der Waals surface area (Å²) >= 11 is 0. The van der Waals surface area contributed by atoms with Gasteiger partial charge in [0.2, 0.25) is 0 Å². The molecule has 0 radical (unpaired) electrons. The van der Waals surface area contributed by atoms with E-state index in [1.807, 2.05) is 12.1 Å². The fourth-order valence-electron chi connectivity index (χ4n) is 4.08. The van der Waals surface area contributed by atoms with Crippen molar-refractivity contribution in [2.75, 3.05) is 20.1 Å². The molecule has 1 fully saturated rings. The lowest BCUT2D eigenvalue weighted by Crippen LogP contribution is -2.42. The monoisotopic (exact) mass is 512 g/mol. The van der Waals surface area contributed by atoms with E-state index in [1.54, 1.807) is 19.2 Å². The first kappa shape index (κ1) is 22.0. The van der Waals surface area contributed by atoms with Gasteiger partial charge >= 0.3 is 0 Å². The highest BCUT2D eigenvalue weighted by molar-refractivity contribution is 14.0. The van der Waals surface area contributed by atoms with Crippen LogP contribution in [-0.4, -0.2) is 40.9 Å². The maximum absolute atomic E-state index is 14.2. The van der Waals surface area contributed by atoms with Crippen LogP contribution in [0.3, 0.4) is 0 Å². The molecule has 2 aromatic rings. The Morgan fingerprint density at radius 3 is 2.76 bits per heavy atom. The standard InChI is InChI=1S/C21H29FN6.HI/c1-23-20(25-15-21(11-12-21)16-7-4-5-8-17(16)22)24-13-10-19-27-26-18-9-3-2-6-14-28(18)19;/h4-5,7-8H,2-3,6,9-15H2,1H3,(H2,23,24,25);1H. The van der Waals surface area contributed by atoms with Crippen molar-refractivity contribution in [2.24, 2.45) is 4.99 Å². The number of benzene rings is 1. The molecule has 0 atom stereocenters. The predicted molar refractivity (Wildman–Crippen MR) is 123 cm³/mol. The lowest BCUT2D eigenvalue weighted by atomic mass is 9.95. The number of aromatic nitrogens is 3. The fourth-order valence-corrected chi connectivity index (χ4v) is 4.08. The zero-order valence-electron chi connectivity index (χ0n) is 17.0. The second-order valence-electron chi connectivity index (χ2n) is 7.86. The average Bonchev–Trinajstić information content (AvgIpc) is 3.46. The SMILES string of the molecule is CN=C(NCCc1nnc2n1CCCCC2)NCC1(c2ccccc2F)CC1.I. The van der Waals surface area contributed by atoms with E-state index in [-0.39, 0.29) is 35.2 Å². The molecule has 4 rings (SSSR count). The molecule has 2 N–H and O–H groups in total. The van der Waals surface area contributed by atoms with Crippen LogP contribution in [0.2, 0.25) is 0 Å². The van der Waals surface area contributed by atoms with Crippen LogP contribution in [0, 0.1) is 5.82 Å². The Morgan fingerprint density at radius 2 is 2.00 bits per heavy atom. The van der Waals surface area contributed by atoms with E-state index < -0.39 is 0 Å². The van der Waals surface area contributed by atoms with Crippen molar-refractivity contribution in [3.63, 3.8) is 0 Å². The molecule has 0 amide bonds. The van der Waals surface area contributed by atoms with Gasteiger partial charge in [-0.15, -0.1) is 34.2 Å². The second kappa shape index (κ2) is 9.86. The van der Waals surface area contributed by atoms with Gasteiger partial charge < -0.3 is 15.2 Å². The number of hydrogen-bond acceptors (Lipinski definition) is 3. The van der Waals surface area contributed by atoms with Crippen LogP contribution in [0.15, 0.2) is 29.3 Å². The summed E-state index contributed by atoms with van der Waals surface area (Å²) in [7, 11) is 1.76. The first-order chi connectivity index (χ1) is 13.7. The maximum Gasteiger partial charge on any atom is 0.191 e. The topological polar surface area (TPSA) is 67.1 Å². The quantitative estimate of drug-likeness (QED) is 0.355. The van der Waals surface area contributed by atoms with Crippen LogP contribution < -0.4 is 10.6 Å². The van der Waals surface area contributed by atoms with Crippen molar-refractivity contribution in [2.45, 2.75) is 56.9 Å². The van der Waals surface area contributed by atoms with Gasteiger partial charge in [-0.2, -0.15) is 0 Å². The molecule has 6 nitrogen and oxygen atoms in total. The van der Waals surface area contributed by atoms with Gasteiger partial charge in [0.15, 0.2) is 5.96 Å². The largest absolute Gasteiger partial charge is 0.356 e. The van der Waals surface area contributed by atoms with Crippen molar-refractivity contribution in [3.8, 4) is 0 Å². The zero-order valence-corrected chi connectivity index (χ0v) is 19.3. The van der Waals surface area contributed by atoms with Gasteiger partial charge in [0.25, 0.3) is 0 Å². The van der Waals surface area contributed by atoms with Crippen LogP contribution in [0.5, 0.6) is 0 Å². The number of hydrogen-bond donors (Lipinski definition) is 2. The van der Waals surface area contributed by atoms with Gasteiger partial charge in [-0.1, -0.05) is 24.6 Å². The molecule has 0 unspecified atom stereocenters. The molecule has 8 heteroatoms. The first-order valence-electron chi connectivity index (χ1n) is 10.3. The molecule has 29 heavy (non-hydrogen) atoms. The van der Waals surface area contributed by atoms with Crippen molar-refractivity contribution < 1.29 is 4.39 Å². The molecule has 1 saturated carbocycles. The normalized spacial score (nSPS) is 17.7. The highest BCUT2D eigenvalue weighted by Crippen LogP contribution is 2.48. The molecule has 0 bridgehead atoms. The van der Waals surface area contributed by atoms with Crippen molar-refractivity contribution in [1.82, 2.24) is 25.4 Å². The summed E-state index contributed by atoms with van der Waals surface area (Å²) in [4.78, 5) is 4.31. The number of rotatable bonds is 6. The number of aryl methyl sites for hydroxylation is 1. The van der Waals surface area contributed by atoms with Gasteiger partial charge in [0, 0.05) is 44.9 Å². The minimum Gasteiger partial charge on any atom is -0.356 e. The van der Waals surface area contributed by atoms with Crippen LogP contribution in [0.1, 0.15) is 49.3 Å². The number of nitrogens with zero attached hydrogens (tertiary/aromatic N) is 4. The molecule has 1 aromatic heterocycles. The Hall–Kier alpha value is -1.71. The Balaban J connectivity index is 0.00000240. The molecule has 2 heterocycles. The van der Waals surface area contributed by atoms with Gasteiger partial charge in [0.05, 0.1) is 0 Å². The number of nitrogens with one attached hydrogen (secondary N) is 2. The minimum absolute atomic E-state index is 0. The Labute approximate surface area is 188 Å². The van der Waals surface area contributed by atoms with E-state index in [9.17, 15) is 4.39 Å². The Bertz CT molecular complexity index is 845. The van der Waals surface area contributed by atoms with Crippen LogP contribution in [0.25, 0.3) is 0 Å². The van der Waals surface area contributed by atoms with Crippen LogP contribution in [-0.2, 0) is 24.8 Å². The molecule has 1 aliphatic heterocycles. The summed E-state index contributed by atoms with van der Waals surface area (Å²) in [6, 6.07) is 7.10. The highest BCUT2D eigenvalue weighted by Gasteiger charge is 2.45. The zero-order chi connectivity index (χ0) is 19.4.